The number of aryl methyl sites for hydroxylation is 1. The number of benzene rings is 2. The summed E-state index contributed by atoms with van der Waals surface area (Å²) >= 11 is 0. The van der Waals surface area contributed by atoms with E-state index in [1.54, 1.807) is 13.1 Å². The fraction of sp³-hybridized carbons (Fsp3) is 0.269. The monoisotopic (exact) mass is 558 g/mol. The summed E-state index contributed by atoms with van der Waals surface area (Å²) in [4.78, 5) is 30.5. The minimum atomic E-state index is -3.92. The van der Waals surface area contributed by atoms with Gasteiger partial charge in [0.25, 0.3) is 10.1 Å². The molecule has 0 spiro atoms. The summed E-state index contributed by atoms with van der Waals surface area (Å²) in [5.74, 6) is -2.29. The molecular weight excluding hydrogens is 531 g/mol. The number of anilines is 1. The third-order valence-electron chi connectivity index (χ3n) is 6.31. The number of aliphatic hydroxyl groups excluding tert-OH is 1. The molecule has 0 saturated carbocycles. The number of aromatic carboxylic acids is 1. The van der Waals surface area contributed by atoms with Crippen molar-refractivity contribution in [1.82, 2.24) is 14.9 Å². The number of carbonyl (C=O) groups is 1. The number of rotatable bonds is 5. The van der Waals surface area contributed by atoms with Crippen molar-refractivity contribution < 1.29 is 32.4 Å². The fourth-order valence-electron chi connectivity index (χ4n) is 4.45. The van der Waals surface area contributed by atoms with E-state index >= 15 is 4.39 Å². The van der Waals surface area contributed by atoms with Gasteiger partial charge in [-0.15, -0.1) is 0 Å². The molecule has 11 nitrogen and oxygen atoms in total. The molecule has 0 bridgehead atoms. The van der Waals surface area contributed by atoms with Gasteiger partial charge in [0.2, 0.25) is 5.43 Å². The van der Waals surface area contributed by atoms with Crippen molar-refractivity contribution in [2.24, 2.45) is 7.05 Å². The highest BCUT2D eigenvalue weighted by Gasteiger charge is 2.24. The van der Waals surface area contributed by atoms with Crippen LogP contribution in [0.15, 0.2) is 59.5 Å². The zero-order valence-electron chi connectivity index (χ0n) is 20.9. The predicted molar refractivity (Wildman–Crippen MR) is 144 cm³/mol. The minimum Gasteiger partial charge on any atom is -0.477 e. The van der Waals surface area contributed by atoms with Gasteiger partial charge in [-0.2, -0.15) is 8.42 Å². The Morgan fingerprint density at radius 1 is 1.21 bits per heavy atom. The second-order valence-corrected chi connectivity index (χ2v) is 10.6. The molecule has 0 unspecified atom stereocenters. The third-order valence-corrected chi connectivity index (χ3v) is 7.01. The number of hydrogen-bond acceptors (Lipinski definition) is 8. The van der Waals surface area contributed by atoms with Gasteiger partial charge in [0.1, 0.15) is 17.0 Å². The van der Waals surface area contributed by atoms with Gasteiger partial charge in [-0.25, -0.2) is 14.2 Å². The molecule has 4 N–H and O–H groups in total. The molecule has 0 amide bonds. The van der Waals surface area contributed by atoms with Gasteiger partial charge in [0, 0.05) is 44.3 Å². The molecule has 4 aromatic rings. The number of carboxylic acid groups (broad SMARTS) is 1. The van der Waals surface area contributed by atoms with Crippen molar-refractivity contribution in [2.75, 3.05) is 36.9 Å². The summed E-state index contributed by atoms with van der Waals surface area (Å²) in [5, 5.41) is 21.2. The van der Waals surface area contributed by atoms with Gasteiger partial charge < -0.3 is 25.0 Å². The molecule has 1 atom stereocenters. The Morgan fingerprint density at radius 3 is 2.54 bits per heavy atom. The number of aliphatic hydroxyl groups is 1. The van der Waals surface area contributed by atoms with E-state index in [0.717, 1.165) is 5.56 Å². The van der Waals surface area contributed by atoms with Crippen LogP contribution < -0.4 is 15.6 Å². The van der Waals surface area contributed by atoms with Crippen LogP contribution in [0.1, 0.15) is 22.0 Å². The Kier molecular flexibility index (Phi) is 8.25. The number of fused-ring (bicyclic) bond motifs is 2. The van der Waals surface area contributed by atoms with Crippen LogP contribution in [-0.2, 0) is 17.2 Å². The second-order valence-electron chi connectivity index (χ2n) is 9.02. The SMILES string of the molecule is Cn1cc(C(=O)O)c(=O)c2cc3cc(F)c(N4CCN[C@H](c5ccccc5)C4)cc3nc21.O=S(=O)(O)CCO. The summed E-state index contributed by atoms with van der Waals surface area (Å²) < 4.78 is 43.8. The molecule has 39 heavy (non-hydrogen) atoms. The minimum absolute atomic E-state index is 0.0832. The molecule has 13 heteroatoms. The summed E-state index contributed by atoms with van der Waals surface area (Å²) in [7, 11) is -2.29. The molecule has 1 fully saturated rings. The van der Waals surface area contributed by atoms with Crippen LogP contribution in [0.3, 0.4) is 0 Å². The van der Waals surface area contributed by atoms with Crippen LogP contribution in [0.25, 0.3) is 21.9 Å². The maximum atomic E-state index is 15.2. The lowest BCUT2D eigenvalue weighted by molar-refractivity contribution is 0.0695. The number of aromatic nitrogens is 2. The van der Waals surface area contributed by atoms with E-state index in [1.807, 2.05) is 23.1 Å². The Labute approximate surface area is 222 Å². The number of halogens is 1. The van der Waals surface area contributed by atoms with Gasteiger partial charge in [-0.3, -0.25) is 9.35 Å². The molecule has 0 aliphatic carbocycles. The normalized spacial score (nSPS) is 15.7. The van der Waals surface area contributed by atoms with Crippen molar-refractivity contribution in [3.8, 4) is 0 Å². The average Bonchev–Trinajstić information content (AvgIpc) is 2.89. The van der Waals surface area contributed by atoms with Gasteiger partial charge in [-0.1, -0.05) is 30.3 Å². The van der Waals surface area contributed by atoms with E-state index in [-0.39, 0.29) is 17.0 Å². The number of carboxylic acids is 1. The fourth-order valence-corrected chi connectivity index (χ4v) is 4.69. The van der Waals surface area contributed by atoms with Crippen molar-refractivity contribution in [3.05, 3.63) is 81.9 Å². The van der Waals surface area contributed by atoms with Crippen LogP contribution in [0.2, 0.25) is 0 Å². The largest absolute Gasteiger partial charge is 0.477 e. The Bertz CT molecular complexity index is 1690. The predicted octanol–water partition coefficient (Wildman–Crippen LogP) is 1.94. The van der Waals surface area contributed by atoms with Crippen molar-refractivity contribution in [3.63, 3.8) is 0 Å². The molecule has 206 valence electrons. The number of pyridine rings is 2. The average molecular weight is 559 g/mol. The first-order chi connectivity index (χ1) is 18.5. The van der Waals surface area contributed by atoms with Gasteiger partial charge in [0.05, 0.1) is 29.0 Å². The summed E-state index contributed by atoms with van der Waals surface area (Å²) in [6, 6.07) is 14.7. The van der Waals surface area contributed by atoms with Gasteiger partial charge in [-0.05, 0) is 23.8 Å². The molecule has 2 aromatic heterocycles. The van der Waals surface area contributed by atoms with Crippen LogP contribution in [0.4, 0.5) is 10.1 Å². The van der Waals surface area contributed by atoms with E-state index in [0.29, 0.717) is 41.9 Å². The Hall–Kier alpha value is -3.91. The standard InChI is InChI=1S/C24H21FN4O3.C2H6O4S/c1-28-12-17(24(31)32)22(30)16-9-15-10-18(25)21(11-19(15)27-23(16)28)29-8-7-26-20(13-29)14-5-3-2-4-6-14;3-1-2-7(4,5)6/h2-6,9-12,20,26H,7-8,13H2,1H3,(H,31,32);3H,1-2H2,(H,4,5,6)/t20-;/m0./s1. The Balaban J connectivity index is 0.000000448. The van der Waals surface area contributed by atoms with E-state index in [4.69, 9.17) is 9.66 Å². The highest BCUT2D eigenvalue weighted by Crippen LogP contribution is 2.29. The summed E-state index contributed by atoms with van der Waals surface area (Å²) in [5.41, 5.74) is 1.53. The lowest BCUT2D eigenvalue weighted by Crippen LogP contribution is -2.46. The first kappa shape index (κ1) is 28.1. The maximum absolute atomic E-state index is 15.2. The van der Waals surface area contributed by atoms with Crippen LogP contribution in [0.5, 0.6) is 0 Å². The molecule has 1 aliphatic rings. The molecule has 3 heterocycles. The summed E-state index contributed by atoms with van der Waals surface area (Å²) in [6.45, 7) is 1.45. The van der Waals surface area contributed by atoms with Gasteiger partial charge in [0.15, 0.2) is 0 Å². The number of nitrogens with one attached hydrogen (secondary N) is 1. The van der Waals surface area contributed by atoms with Crippen molar-refractivity contribution >= 4 is 43.7 Å². The summed E-state index contributed by atoms with van der Waals surface area (Å²) in [6.07, 6.45) is 1.26. The maximum Gasteiger partial charge on any atom is 0.341 e. The molecule has 2 aromatic carbocycles. The second kappa shape index (κ2) is 11.5. The zero-order valence-corrected chi connectivity index (χ0v) is 21.7. The lowest BCUT2D eigenvalue weighted by Gasteiger charge is -2.35. The molecule has 0 radical (unpaired) electrons. The van der Waals surface area contributed by atoms with Crippen LogP contribution >= 0.6 is 0 Å². The first-order valence-electron chi connectivity index (χ1n) is 11.9. The van der Waals surface area contributed by atoms with Crippen molar-refractivity contribution in [2.45, 2.75) is 6.04 Å². The van der Waals surface area contributed by atoms with Crippen LogP contribution in [0, 0.1) is 5.82 Å². The van der Waals surface area contributed by atoms with E-state index in [2.05, 4.69) is 22.4 Å². The zero-order chi connectivity index (χ0) is 28.3. The quantitative estimate of drug-likeness (QED) is 0.210. The molecular formula is C26H27FN4O7S. The number of nitrogens with zero attached hydrogens (tertiary/aromatic N) is 3. The van der Waals surface area contributed by atoms with E-state index in [1.165, 1.54) is 22.9 Å². The lowest BCUT2D eigenvalue weighted by atomic mass is 10.0. The number of hydrogen-bond donors (Lipinski definition) is 4. The molecule has 5 rings (SSSR count). The highest BCUT2D eigenvalue weighted by atomic mass is 32.2. The van der Waals surface area contributed by atoms with E-state index in [9.17, 15) is 23.1 Å². The highest BCUT2D eigenvalue weighted by molar-refractivity contribution is 7.85. The molecule has 1 aliphatic heterocycles. The number of piperazine rings is 1. The topological polar surface area (TPSA) is 162 Å². The van der Waals surface area contributed by atoms with Gasteiger partial charge >= 0.3 is 5.97 Å². The van der Waals surface area contributed by atoms with Crippen molar-refractivity contribution in [1.29, 1.82) is 0 Å². The van der Waals surface area contributed by atoms with E-state index < -0.39 is 39.7 Å². The smallest absolute Gasteiger partial charge is 0.341 e. The first-order valence-corrected chi connectivity index (χ1v) is 13.6. The Morgan fingerprint density at radius 2 is 1.92 bits per heavy atom. The third kappa shape index (κ3) is 6.40. The molecule has 1 saturated heterocycles. The van der Waals surface area contributed by atoms with Crippen LogP contribution in [-0.4, -0.2) is 70.7 Å².